The highest BCUT2D eigenvalue weighted by atomic mass is 15.5. The van der Waals surface area contributed by atoms with E-state index in [1.807, 2.05) is 37.3 Å². The van der Waals surface area contributed by atoms with Crippen molar-refractivity contribution in [1.82, 2.24) is 24.8 Å². The molecule has 0 amide bonds. The highest BCUT2D eigenvalue weighted by Crippen LogP contribution is 2.22. The van der Waals surface area contributed by atoms with Crippen LogP contribution in [0.4, 0.5) is 0 Å². The van der Waals surface area contributed by atoms with Gasteiger partial charge in [-0.15, -0.1) is 9.73 Å². The highest BCUT2D eigenvalue weighted by Gasteiger charge is 2.08. The maximum Gasteiger partial charge on any atom is 0.270 e. The summed E-state index contributed by atoms with van der Waals surface area (Å²) in [7, 11) is 0. The van der Waals surface area contributed by atoms with Crippen LogP contribution in [-0.2, 0) is 0 Å². The Morgan fingerprint density at radius 1 is 0.773 bits per heavy atom. The molecule has 5 heteroatoms. The Labute approximate surface area is 127 Å². The largest absolute Gasteiger partial charge is 0.270 e. The number of aromatic nitrogens is 5. The zero-order chi connectivity index (χ0) is 14.9. The smallest absolute Gasteiger partial charge is 0.216 e. The lowest BCUT2D eigenvalue weighted by molar-refractivity contribution is 0.764. The van der Waals surface area contributed by atoms with Crippen molar-refractivity contribution in [2.45, 2.75) is 6.92 Å². The molecule has 0 aliphatic rings. The molecule has 0 unspecified atom stereocenters. The first-order valence-corrected chi connectivity index (χ1v) is 7.02. The summed E-state index contributed by atoms with van der Waals surface area (Å²) in [6, 6.07) is 18.4. The molecule has 2 aromatic heterocycles. The topological polar surface area (TPSA) is 56.0 Å². The van der Waals surface area contributed by atoms with Crippen LogP contribution in [-0.4, -0.2) is 24.8 Å². The summed E-state index contributed by atoms with van der Waals surface area (Å²) in [4.78, 5) is 8.62. The van der Waals surface area contributed by atoms with Gasteiger partial charge in [0.15, 0.2) is 5.82 Å². The van der Waals surface area contributed by atoms with E-state index >= 15 is 0 Å². The number of nitrogens with zero attached hydrogens (tertiary/aromatic N) is 5. The van der Waals surface area contributed by atoms with Crippen LogP contribution < -0.4 is 0 Å². The van der Waals surface area contributed by atoms with Gasteiger partial charge in [-0.05, 0) is 18.1 Å². The Balaban J connectivity index is 1.73. The number of aryl methyl sites for hydroxylation is 1. The summed E-state index contributed by atoms with van der Waals surface area (Å²) >= 11 is 0. The lowest BCUT2D eigenvalue weighted by Crippen LogP contribution is -1.97. The molecular weight excluding hydrogens is 274 g/mol. The predicted octanol–water partition coefficient (Wildman–Crippen LogP) is 3.16. The summed E-state index contributed by atoms with van der Waals surface area (Å²) in [5.74, 6) is 1.14. The molecule has 4 aromatic rings. The number of hydrogen-bond acceptors (Lipinski definition) is 4. The average molecular weight is 287 g/mol. The van der Waals surface area contributed by atoms with E-state index in [0.717, 1.165) is 11.3 Å². The minimum atomic E-state index is 0.507. The molecule has 0 atom stereocenters. The molecule has 2 aromatic carbocycles. The summed E-state index contributed by atoms with van der Waals surface area (Å²) in [6.45, 7) is 1.88. The van der Waals surface area contributed by atoms with Gasteiger partial charge in [-0.3, -0.25) is 0 Å². The normalized spacial score (nSPS) is 11.0. The monoisotopic (exact) mass is 287 g/mol. The summed E-state index contributed by atoms with van der Waals surface area (Å²) in [5, 5.41) is 8.65. The molecule has 0 N–H and O–H groups in total. The van der Waals surface area contributed by atoms with E-state index in [2.05, 4.69) is 44.4 Å². The van der Waals surface area contributed by atoms with Crippen molar-refractivity contribution in [2.75, 3.05) is 0 Å². The van der Waals surface area contributed by atoms with E-state index in [4.69, 9.17) is 0 Å². The third-order valence-corrected chi connectivity index (χ3v) is 3.44. The zero-order valence-electron chi connectivity index (χ0n) is 12.0. The molecular formula is C17H13N5. The summed E-state index contributed by atoms with van der Waals surface area (Å²) in [6.07, 6.45) is 1.69. The highest BCUT2D eigenvalue weighted by molar-refractivity contribution is 5.67. The van der Waals surface area contributed by atoms with Crippen molar-refractivity contribution in [1.29, 1.82) is 0 Å². The van der Waals surface area contributed by atoms with E-state index in [9.17, 15) is 0 Å². The fraction of sp³-hybridized carbons (Fsp3) is 0.0588. The number of hydrogen-bond donors (Lipinski definition) is 0. The van der Waals surface area contributed by atoms with Gasteiger partial charge in [-0.1, -0.05) is 54.6 Å². The van der Waals surface area contributed by atoms with Crippen molar-refractivity contribution in [3.8, 4) is 22.5 Å². The Morgan fingerprint density at radius 3 is 2.23 bits per heavy atom. The lowest BCUT2D eigenvalue weighted by atomic mass is 10.0. The number of benzene rings is 2. The molecule has 0 fully saturated rings. The Hall–Kier alpha value is -3.08. The first-order chi connectivity index (χ1) is 10.8. The zero-order valence-corrected chi connectivity index (χ0v) is 12.0. The molecule has 0 bridgehead atoms. The van der Waals surface area contributed by atoms with E-state index in [1.165, 1.54) is 15.8 Å². The van der Waals surface area contributed by atoms with E-state index in [-0.39, 0.29) is 0 Å². The van der Waals surface area contributed by atoms with Gasteiger partial charge < -0.3 is 0 Å². The molecule has 0 aliphatic heterocycles. The Bertz CT molecular complexity index is 926. The fourth-order valence-electron chi connectivity index (χ4n) is 2.33. The molecule has 5 nitrogen and oxygen atoms in total. The van der Waals surface area contributed by atoms with Crippen LogP contribution in [0.25, 0.3) is 28.3 Å². The van der Waals surface area contributed by atoms with Crippen molar-refractivity contribution < 1.29 is 0 Å². The number of rotatable bonds is 2. The quantitative estimate of drug-likeness (QED) is 0.568. The minimum Gasteiger partial charge on any atom is -0.216 e. The van der Waals surface area contributed by atoms with Crippen molar-refractivity contribution in [2.24, 2.45) is 0 Å². The molecule has 0 aliphatic carbocycles. The summed E-state index contributed by atoms with van der Waals surface area (Å²) in [5.41, 5.74) is 4.11. The van der Waals surface area contributed by atoms with Gasteiger partial charge in [0.1, 0.15) is 0 Å². The van der Waals surface area contributed by atoms with Gasteiger partial charge in [0, 0.05) is 5.56 Å². The van der Waals surface area contributed by atoms with Gasteiger partial charge in [-0.2, -0.15) is 10.1 Å². The molecule has 0 saturated heterocycles. The second-order valence-corrected chi connectivity index (χ2v) is 5.07. The standard InChI is InChI=1S/C17H13N5/c1-12-11-18-17-19-16(21-22(17)20-12)15-9-7-14(8-10-15)13-5-3-2-4-6-13/h2-11H,1H3. The minimum absolute atomic E-state index is 0.507. The molecule has 4 rings (SSSR count). The third kappa shape index (κ3) is 2.22. The van der Waals surface area contributed by atoms with Crippen LogP contribution in [0.15, 0.2) is 60.8 Å². The molecule has 2 heterocycles. The SMILES string of the molecule is Cc1cnc2nc(-c3ccc(-c4ccccc4)cc3)nn2n1. The second kappa shape index (κ2) is 5.04. The molecule has 0 spiro atoms. The average Bonchev–Trinajstić information content (AvgIpc) is 2.99. The Kier molecular flexibility index (Phi) is 2.89. The predicted molar refractivity (Wildman–Crippen MR) is 84.2 cm³/mol. The van der Waals surface area contributed by atoms with Gasteiger partial charge in [0.25, 0.3) is 5.78 Å². The summed E-state index contributed by atoms with van der Waals surface area (Å²) < 4.78 is 1.47. The van der Waals surface area contributed by atoms with Crippen LogP contribution in [0.3, 0.4) is 0 Å². The van der Waals surface area contributed by atoms with Crippen molar-refractivity contribution >= 4 is 5.78 Å². The van der Waals surface area contributed by atoms with Crippen LogP contribution >= 0.6 is 0 Å². The molecule has 106 valence electrons. The fourth-order valence-corrected chi connectivity index (χ4v) is 2.33. The first kappa shape index (κ1) is 12.6. The van der Waals surface area contributed by atoms with Gasteiger partial charge in [0.05, 0.1) is 11.9 Å². The van der Waals surface area contributed by atoms with Crippen molar-refractivity contribution in [3.05, 3.63) is 66.5 Å². The molecule has 0 radical (unpaired) electrons. The number of fused-ring (bicyclic) bond motifs is 1. The maximum atomic E-state index is 4.40. The van der Waals surface area contributed by atoms with Gasteiger partial charge in [-0.25, -0.2) is 4.98 Å². The molecule has 0 saturated carbocycles. The lowest BCUT2D eigenvalue weighted by Gasteiger charge is -2.01. The van der Waals surface area contributed by atoms with Gasteiger partial charge >= 0.3 is 0 Å². The van der Waals surface area contributed by atoms with Crippen LogP contribution in [0, 0.1) is 6.92 Å². The Morgan fingerprint density at radius 2 is 1.45 bits per heavy atom. The van der Waals surface area contributed by atoms with E-state index in [0.29, 0.717) is 11.6 Å². The molecule has 22 heavy (non-hydrogen) atoms. The van der Waals surface area contributed by atoms with Crippen LogP contribution in [0.2, 0.25) is 0 Å². The third-order valence-electron chi connectivity index (χ3n) is 3.44. The van der Waals surface area contributed by atoms with E-state index in [1.54, 1.807) is 6.20 Å². The first-order valence-electron chi connectivity index (χ1n) is 7.02. The van der Waals surface area contributed by atoms with Crippen LogP contribution in [0.1, 0.15) is 5.69 Å². The van der Waals surface area contributed by atoms with Gasteiger partial charge in [0.2, 0.25) is 0 Å². The van der Waals surface area contributed by atoms with E-state index < -0.39 is 0 Å². The van der Waals surface area contributed by atoms with Crippen molar-refractivity contribution in [3.63, 3.8) is 0 Å². The second-order valence-electron chi connectivity index (χ2n) is 5.07. The maximum absolute atomic E-state index is 4.40. The van der Waals surface area contributed by atoms with Crippen LogP contribution in [0.5, 0.6) is 0 Å².